The molecule has 5 rings (SSSR count). The molecule has 0 saturated carbocycles. The summed E-state index contributed by atoms with van der Waals surface area (Å²) in [5.74, 6) is -1.92. The Morgan fingerprint density at radius 2 is 1.64 bits per heavy atom. The number of carboxylic acids is 1. The van der Waals surface area contributed by atoms with Crippen molar-refractivity contribution < 1.29 is 37.0 Å². The molecule has 0 aliphatic carbocycles. The number of benzene rings is 2. The van der Waals surface area contributed by atoms with Gasteiger partial charge in [-0.3, -0.25) is 19.4 Å². The van der Waals surface area contributed by atoms with E-state index in [1.807, 2.05) is 15.9 Å². The van der Waals surface area contributed by atoms with Crippen LogP contribution in [0.5, 0.6) is 5.75 Å². The molecule has 1 aromatic heterocycles. The second kappa shape index (κ2) is 13.7. The lowest BCUT2D eigenvalue weighted by molar-refractivity contribution is -0.274. The van der Waals surface area contributed by atoms with E-state index in [0.717, 1.165) is 22.7 Å². The molecule has 230 valence electrons. The predicted molar refractivity (Wildman–Crippen MR) is 153 cm³/mol. The van der Waals surface area contributed by atoms with E-state index < -0.39 is 23.9 Å². The molecule has 0 spiro atoms. The van der Waals surface area contributed by atoms with Crippen LogP contribution in [0.4, 0.5) is 17.6 Å². The van der Waals surface area contributed by atoms with Gasteiger partial charge in [-0.05, 0) is 35.7 Å². The van der Waals surface area contributed by atoms with Gasteiger partial charge in [-0.2, -0.15) is 0 Å². The highest BCUT2D eigenvalue weighted by Gasteiger charge is 2.32. The van der Waals surface area contributed by atoms with Gasteiger partial charge in [0, 0.05) is 50.3 Å². The van der Waals surface area contributed by atoms with Gasteiger partial charge in [0.1, 0.15) is 11.6 Å². The lowest BCUT2D eigenvalue weighted by atomic mass is 10.0. The minimum Gasteiger partial charge on any atom is -0.480 e. The largest absolute Gasteiger partial charge is 0.573 e. The topological polar surface area (TPSA) is 78.3 Å². The maximum atomic E-state index is 15.1. The van der Waals surface area contributed by atoms with Gasteiger partial charge in [0.15, 0.2) is 0 Å². The average Bonchev–Trinajstić information content (AvgIpc) is 3.20. The van der Waals surface area contributed by atoms with Crippen molar-refractivity contribution in [2.45, 2.75) is 25.9 Å². The highest BCUT2D eigenvalue weighted by Crippen LogP contribution is 2.35. The van der Waals surface area contributed by atoms with Gasteiger partial charge in [-0.1, -0.05) is 29.8 Å². The summed E-state index contributed by atoms with van der Waals surface area (Å²) in [6, 6.07) is 8.74. The number of hydrogen-bond donors (Lipinski definition) is 1. The maximum Gasteiger partial charge on any atom is 0.573 e. The Bertz CT molecular complexity index is 1440. The predicted octanol–water partition coefficient (Wildman–Crippen LogP) is 4.81. The van der Waals surface area contributed by atoms with Crippen molar-refractivity contribution in [1.82, 2.24) is 19.3 Å². The van der Waals surface area contributed by atoms with E-state index >= 15 is 4.39 Å². The van der Waals surface area contributed by atoms with E-state index in [1.165, 1.54) is 18.2 Å². The molecule has 42 heavy (non-hydrogen) atoms. The number of carbonyl (C=O) groups excluding carboxylic acids is 1. The molecule has 3 heterocycles. The fourth-order valence-corrected chi connectivity index (χ4v) is 5.70. The zero-order chi connectivity index (χ0) is 28.6. The highest BCUT2D eigenvalue weighted by atomic mass is 35.5. The Hall–Kier alpha value is -2.77. The smallest absolute Gasteiger partial charge is 0.480 e. The lowest BCUT2D eigenvalue weighted by Crippen LogP contribution is -2.51. The Morgan fingerprint density at radius 1 is 0.976 bits per heavy atom. The molecule has 3 aromatic rings. The molecule has 2 aliphatic rings. The fraction of sp³-hybridized carbons (Fsp3) is 0.407. The van der Waals surface area contributed by atoms with E-state index in [2.05, 4.69) is 4.74 Å². The quantitative estimate of drug-likeness (QED) is 0.369. The molecular weight excluding hydrogens is 627 g/mol. The van der Waals surface area contributed by atoms with Crippen LogP contribution in [0.3, 0.4) is 0 Å². The summed E-state index contributed by atoms with van der Waals surface area (Å²) in [5.41, 5.74) is 2.61. The molecule has 0 unspecified atom stereocenters. The van der Waals surface area contributed by atoms with Crippen molar-refractivity contribution >= 4 is 59.2 Å². The highest BCUT2D eigenvalue weighted by molar-refractivity contribution is 6.32. The monoisotopic (exact) mass is 654 g/mol. The average molecular weight is 656 g/mol. The molecular formula is C27H29Cl3F4N4O4. The van der Waals surface area contributed by atoms with Crippen LogP contribution in [0.25, 0.3) is 10.9 Å². The van der Waals surface area contributed by atoms with Crippen LogP contribution in [-0.2, 0) is 29.1 Å². The number of ether oxygens (including phenoxy) is 1. The van der Waals surface area contributed by atoms with E-state index in [0.29, 0.717) is 50.2 Å². The van der Waals surface area contributed by atoms with Crippen molar-refractivity contribution in [2.24, 2.45) is 0 Å². The van der Waals surface area contributed by atoms with Crippen molar-refractivity contribution in [3.63, 3.8) is 0 Å². The number of hydrogen-bond acceptors (Lipinski definition) is 5. The number of fused-ring (bicyclic) bond motifs is 3. The van der Waals surface area contributed by atoms with Crippen LogP contribution in [-0.4, -0.2) is 88.4 Å². The normalized spacial score (nSPS) is 16.0. The van der Waals surface area contributed by atoms with Crippen LogP contribution in [0.15, 0.2) is 36.4 Å². The van der Waals surface area contributed by atoms with E-state index in [1.54, 1.807) is 15.5 Å². The first-order valence-electron chi connectivity index (χ1n) is 12.8. The van der Waals surface area contributed by atoms with Gasteiger partial charge in [-0.15, -0.1) is 38.0 Å². The molecule has 2 aromatic carbocycles. The van der Waals surface area contributed by atoms with Gasteiger partial charge < -0.3 is 19.3 Å². The molecule has 1 fully saturated rings. The second-order valence-corrected chi connectivity index (χ2v) is 10.4. The number of aromatic nitrogens is 1. The number of carboxylic acid groups (broad SMARTS) is 1. The molecule has 8 nitrogen and oxygen atoms in total. The number of nitrogens with zero attached hydrogens (tertiary/aromatic N) is 4. The molecule has 1 amide bonds. The first-order chi connectivity index (χ1) is 19.0. The summed E-state index contributed by atoms with van der Waals surface area (Å²) >= 11 is 6.06. The van der Waals surface area contributed by atoms with E-state index in [-0.39, 0.29) is 61.9 Å². The molecule has 15 heteroatoms. The van der Waals surface area contributed by atoms with Crippen LogP contribution in [0.1, 0.15) is 16.8 Å². The number of amides is 1. The van der Waals surface area contributed by atoms with Gasteiger partial charge in [-0.25, -0.2) is 4.39 Å². The van der Waals surface area contributed by atoms with E-state index in [9.17, 15) is 22.8 Å². The number of para-hydroxylation sites is 1. The molecule has 1 saturated heterocycles. The summed E-state index contributed by atoms with van der Waals surface area (Å²) < 4.78 is 58.8. The Balaban J connectivity index is 0.00000242. The standard InChI is InChI=1S/C27H27ClF4N4O4.2ClH/c28-20-12-17(4-5-23(20)40-27(30,31)32)13-36-22-14-35(7-6-18(22)19-2-1-3-21(29)26(19)36)24(37)15-33-8-10-34(11-9-33)16-25(38)39;;/h1-5,12H,6-11,13-16H2,(H,38,39);2*1H. The summed E-state index contributed by atoms with van der Waals surface area (Å²) in [6.45, 7) is 3.31. The maximum absolute atomic E-state index is 15.1. The summed E-state index contributed by atoms with van der Waals surface area (Å²) in [6.07, 6.45) is -4.36. The van der Waals surface area contributed by atoms with Crippen molar-refractivity contribution in [3.05, 3.63) is 64.1 Å². The Kier molecular flexibility index (Phi) is 11.0. The van der Waals surface area contributed by atoms with Crippen LogP contribution < -0.4 is 4.74 Å². The zero-order valence-electron chi connectivity index (χ0n) is 22.2. The third-order valence-electron chi connectivity index (χ3n) is 7.33. The zero-order valence-corrected chi connectivity index (χ0v) is 24.6. The summed E-state index contributed by atoms with van der Waals surface area (Å²) in [4.78, 5) is 29.8. The third-order valence-corrected chi connectivity index (χ3v) is 7.62. The van der Waals surface area contributed by atoms with Gasteiger partial charge >= 0.3 is 12.3 Å². The van der Waals surface area contributed by atoms with Crippen molar-refractivity contribution in [3.8, 4) is 5.75 Å². The molecule has 0 radical (unpaired) electrons. The van der Waals surface area contributed by atoms with Gasteiger partial charge in [0.05, 0.1) is 30.2 Å². The van der Waals surface area contributed by atoms with E-state index in [4.69, 9.17) is 16.7 Å². The molecule has 0 bridgehead atoms. The first-order valence-corrected chi connectivity index (χ1v) is 13.1. The number of aliphatic carboxylic acids is 1. The lowest BCUT2D eigenvalue weighted by Gasteiger charge is -2.35. The SMILES string of the molecule is Cl.Cl.O=C(O)CN1CCN(CC(=O)N2CCc3c(n(Cc4ccc(OC(F)(F)F)c(Cl)c4)c4c(F)cccc34)C2)CC1. The number of rotatable bonds is 7. The van der Waals surface area contributed by atoms with Crippen LogP contribution >= 0.6 is 36.4 Å². The Morgan fingerprint density at radius 3 is 2.26 bits per heavy atom. The summed E-state index contributed by atoms with van der Waals surface area (Å²) in [5, 5.41) is 9.50. The molecule has 1 N–H and O–H groups in total. The van der Waals surface area contributed by atoms with Crippen LogP contribution in [0, 0.1) is 5.82 Å². The Labute approximate surface area is 256 Å². The summed E-state index contributed by atoms with van der Waals surface area (Å²) in [7, 11) is 0. The first kappa shape index (κ1) is 33.7. The second-order valence-electron chi connectivity index (χ2n) is 9.97. The van der Waals surface area contributed by atoms with Crippen molar-refractivity contribution in [1.29, 1.82) is 0 Å². The van der Waals surface area contributed by atoms with Crippen molar-refractivity contribution in [2.75, 3.05) is 45.8 Å². The van der Waals surface area contributed by atoms with Gasteiger partial charge in [0.2, 0.25) is 5.91 Å². The van der Waals surface area contributed by atoms with Crippen LogP contribution in [0.2, 0.25) is 5.02 Å². The number of piperazine rings is 1. The third kappa shape index (κ3) is 7.59. The fourth-order valence-electron chi connectivity index (χ4n) is 5.46. The number of carbonyl (C=O) groups is 2. The number of halogens is 7. The minimum atomic E-state index is -4.88. The minimum absolute atomic E-state index is 0. The number of alkyl halides is 3. The van der Waals surface area contributed by atoms with Gasteiger partial charge in [0.25, 0.3) is 0 Å². The molecule has 0 atom stereocenters. The molecule has 2 aliphatic heterocycles.